The molecule has 1 heterocycles. The van der Waals surface area contributed by atoms with Gasteiger partial charge in [0, 0.05) is 30.3 Å². The smallest absolute Gasteiger partial charge is 0.387 e. The van der Waals surface area contributed by atoms with Gasteiger partial charge in [0.05, 0.1) is 13.2 Å². The van der Waals surface area contributed by atoms with E-state index in [4.69, 9.17) is 9.47 Å². The van der Waals surface area contributed by atoms with Gasteiger partial charge < -0.3 is 19.5 Å². The fourth-order valence-corrected chi connectivity index (χ4v) is 3.25. The van der Waals surface area contributed by atoms with Gasteiger partial charge in [-0.05, 0) is 44.2 Å². The highest BCUT2D eigenvalue weighted by molar-refractivity contribution is 5.55. The lowest BCUT2D eigenvalue weighted by atomic mass is 9.92. The van der Waals surface area contributed by atoms with Crippen LogP contribution in [0, 0.1) is 5.41 Å². The summed E-state index contributed by atoms with van der Waals surface area (Å²) in [6.45, 7) is -1.17. The first-order chi connectivity index (χ1) is 11.1. The van der Waals surface area contributed by atoms with Crippen molar-refractivity contribution in [2.45, 2.75) is 44.8 Å². The van der Waals surface area contributed by atoms with Gasteiger partial charge in [-0.2, -0.15) is 8.78 Å². The zero-order valence-electron chi connectivity index (χ0n) is 13.3. The summed E-state index contributed by atoms with van der Waals surface area (Å²) in [6.07, 6.45) is 6.21. The molecule has 128 valence electrons. The average molecular weight is 327 g/mol. The van der Waals surface area contributed by atoms with Crippen LogP contribution in [0.1, 0.15) is 32.1 Å². The molecule has 1 aromatic rings. The minimum absolute atomic E-state index is 0.0461. The molecule has 1 saturated carbocycles. The van der Waals surface area contributed by atoms with Crippen molar-refractivity contribution in [3.05, 3.63) is 18.2 Å². The molecule has 1 N–H and O–H groups in total. The minimum atomic E-state index is -2.86. The van der Waals surface area contributed by atoms with Gasteiger partial charge in [-0.3, -0.25) is 0 Å². The number of halogens is 2. The first-order valence-electron chi connectivity index (χ1n) is 8.11. The van der Waals surface area contributed by atoms with Gasteiger partial charge in [0.25, 0.3) is 0 Å². The Bertz CT molecular complexity index is 529. The molecule has 2 aliphatic rings. The van der Waals surface area contributed by atoms with Crippen LogP contribution in [-0.4, -0.2) is 33.0 Å². The van der Waals surface area contributed by atoms with Gasteiger partial charge in [0.2, 0.25) is 0 Å². The Balaban J connectivity index is 1.61. The van der Waals surface area contributed by atoms with Crippen molar-refractivity contribution < 1.29 is 23.0 Å². The molecule has 4 nitrogen and oxygen atoms in total. The molecule has 1 saturated heterocycles. The normalized spacial score (nSPS) is 22.7. The molecule has 1 aliphatic carbocycles. The van der Waals surface area contributed by atoms with E-state index >= 15 is 0 Å². The van der Waals surface area contributed by atoms with E-state index in [0.29, 0.717) is 11.9 Å². The van der Waals surface area contributed by atoms with Crippen LogP contribution in [0.4, 0.5) is 14.5 Å². The van der Waals surface area contributed by atoms with Crippen LogP contribution in [0.15, 0.2) is 18.2 Å². The fourth-order valence-electron chi connectivity index (χ4n) is 3.25. The standard InChI is InChI=1S/C17H23F2NO3/c1-21-14-10-12(5-6-13(14)23-16(18)19)20-11-17(7-8-17)15-4-2-3-9-22-15/h5-6,10,15-16,20H,2-4,7-9,11H2,1H3. The Kier molecular flexibility index (Phi) is 4.90. The summed E-state index contributed by atoms with van der Waals surface area (Å²) in [7, 11) is 1.44. The molecule has 2 fully saturated rings. The summed E-state index contributed by atoms with van der Waals surface area (Å²) < 4.78 is 40.2. The summed E-state index contributed by atoms with van der Waals surface area (Å²) in [5.74, 6) is 0.346. The predicted molar refractivity (Wildman–Crippen MR) is 83.4 cm³/mol. The van der Waals surface area contributed by atoms with Crippen LogP contribution in [0.25, 0.3) is 0 Å². The molecule has 0 spiro atoms. The van der Waals surface area contributed by atoms with Gasteiger partial charge in [0.15, 0.2) is 11.5 Å². The first-order valence-corrected chi connectivity index (χ1v) is 8.11. The maximum atomic E-state index is 12.3. The Labute approximate surface area is 135 Å². The predicted octanol–water partition coefficient (Wildman–Crippen LogP) is 4.06. The Morgan fingerprint density at radius 3 is 2.74 bits per heavy atom. The van der Waals surface area contributed by atoms with E-state index in [2.05, 4.69) is 10.1 Å². The first kappa shape index (κ1) is 16.3. The number of nitrogens with one attached hydrogen (secondary N) is 1. The monoisotopic (exact) mass is 327 g/mol. The number of methoxy groups -OCH3 is 1. The third-order valence-electron chi connectivity index (χ3n) is 4.78. The number of ether oxygens (including phenoxy) is 3. The summed E-state index contributed by atoms with van der Waals surface area (Å²) in [5, 5.41) is 3.40. The van der Waals surface area contributed by atoms with E-state index in [1.54, 1.807) is 12.1 Å². The largest absolute Gasteiger partial charge is 0.493 e. The molecule has 1 aromatic carbocycles. The van der Waals surface area contributed by atoms with E-state index in [0.717, 1.165) is 31.7 Å². The zero-order valence-corrected chi connectivity index (χ0v) is 13.3. The average Bonchev–Trinajstić information content (AvgIpc) is 3.35. The molecule has 0 bridgehead atoms. The number of benzene rings is 1. The molecule has 1 aliphatic heterocycles. The van der Waals surface area contributed by atoms with E-state index in [9.17, 15) is 8.78 Å². The van der Waals surface area contributed by atoms with Crippen molar-refractivity contribution in [1.29, 1.82) is 0 Å². The molecule has 0 aromatic heterocycles. The van der Waals surface area contributed by atoms with E-state index in [-0.39, 0.29) is 11.2 Å². The van der Waals surface area contributed by atoms with Gasteiger partial charge in [-0.25, -0.2) is 0 Å². The minimum Gasteiger partial charge on any atom is -0.493 e. The molecule has 0 amide bonds. The third kappa shape index (κ3) is 3.86. The van der Waals surface area contributed by atoms with E-state index in [1.807, 2.05) is 0 Å². The molecule has 6 heteroatoms. The maximum absolute atomic E-state index is 12.3. The molecular formula is C17H23F2NO3. The lowest BCUT2D eigenvalue weighted by Crippen LogP contribution is -2.34. The van der Waals surface area contributed by atoms with Crippen molar-refractivity contribution in [3.8, 4) is 11.5 Å². The Hall–Kier alpha value is -1.56. The molecular weight excluding hydrogens is 304 g/mol. The molecule has 3 rings (SSSR count). The third-order valence-corrected chi connectivity index (χ3v) is 4.78. The van der Waals surface area contributed by atoms with Crippen molar-refractivity contribution in [2.75, 3.05) is 25.6 Å². The Morgan fingerprint density at radius 1 is 1.30 bits per heavy atom. The van der Waals surface area contributed by atoms with Crippen molar-refractivity contribution in [1.82, 2.24) is 0 Å². The van der Waals surface area contributed by atoms with Crippen molar-refractivity contribution in [2.24, 2.45) is 5.41 Å². The van der Waals surface area contributed by atoms with Crippen LogP contribution in [0.3, 0.4) is 0 Å². The van der Waals surface area contributed by atoms with Crippen LogP contribution in [-0.2, 0) is 4.74 Å². The van der Waals surface area contributed by atoms with Crippen molar-refractivity contribution in [3.63, 3.8) is 0 Å². The summed E-state index contributed by atoms with van der Waals surface area (Å²) in [6, 6.07) is 4.93. The fraction of sp³-hybridized carbons (Fsp3) is 0.647. The molecule has 23 heavy (non-hydrogen) atoms. The van der Waals surface area contributed by atoms with Gasteiger partial charge in [-0.1, -0.05) is 0 Å². The Morgan fingerprint density at radius 2 is 2.13 bits per heavy atom. The molecule has 0 radical (unpaired) electrons. The maximum Gasteiger partial charge on any atom is 0.387 e. The quantitative estimate of drug-likeness (QED) is 0.820. The number of hydrogen-bond donors (Lipinski definition) is 1. The SMILES string of the molecule is COc1cc(NCC2(C3CCCCO3)CC2)ccc1OC(F)F. The van der Waals surface area contributed by atoms with E-state index in [1.165, 1.54) is 32.4 Å². The van der Waals surface area contributed by atoms with Crippen LogP contribution in [0.2, 0.25) is 0 Å². The highest BCUT2D eigenvalue weighted by Crippen LogP contribution is 2.52. The van der Waals surface area contributed by atoms with Crippen LogP contribution in [0.5, 0.6) is 11.5 Å². The zero-order chi connectivity index (χ0) is 16.3. The summed E-state index contributed by atoms with van der Waals surface area (Å²) in [5.41, 5.74) is 1.07. The second-order valence-corrected chi connectivity index (χ2v) is 6.32. The summed E-state index contributed by atoms with van der Waals surface area (Å²) >= 11 is 0. The van der Waals surface area contributed by atoms with Gasteiger partial charge in [0.1, 0.15) is 0 Å². The number of alkyl halides is 2. The summed E-state index contributed by atoms with van der Waals surface area (Å²) in [4.78, 5) is 0. The van der Waals surface area contributed by atoms with Gasteiger partial charge in [-0.15, -0.1) is 0 Å². The second kappa shape index (κ2) is 6.91. The topological polar surface area (TPSA) is 39.7 Å². The molecule has 1 unspecified atom stereocenters. The van der Waals surface area contributed by atoms with Crippen molar-refractivity contribution >= 4 is 5.69 Å². The lowest BCUT2D eigenvalue weighted by Gasteiger charge is -2.31. The van der Waals surface area contributed by atoms with Crippen LogP contribution < -0.4 is 14.8 Å². The van der Waals surface area contributed by atoms with Crippen LogP contribution >= 0.6 is 0 Å². The lowest BCUT2D eigenvalue weighted by molar-refractivity contribution is -0.0512. The second-order valence-electron chi connectivity index (χ2n) is 6.32. The molecule has 1 atom stereocenters. The number of hydrogen-bond acceptors (Lipinski definition) is 4. The number of anilines is 1. The number of rotatable bonds is 7. The highest BCUT2D eigenvalue weighted by atomic mass is 19.3. The highest BCUT2D eigenvalue weighted by Gasteiger charge is 2.50. The van der Waals surface area contributed by atoms with E-state index < -0.39 is 6.61 Å². The van der Waals surface area contributed by atoms with Gasteiger partial charge >= 0.3 is 6.61 Å².